The first-order valence-corrected chi connectivity index (χ1v) is 10.7. The number of hydrogen-bond acceptors (Lipinski definition) is 3. The van der Waals surface area contributed by atoms with E-state index in [0.29, 0.717) is 28.7 Å². The van der Waals surface area contributed by atoms with E-state index in [2.05, 4.69) is 50.0 Å². The minimum absolute atomic E-state index is 0.0690. The van der Waals surface area contributed by atoms with Gasteiger partial charge in [0.1, 0.15) is 6.33 Å². The number of amides is 1. The fourth-order valence-electron chi connectivity index (χ4n) is 3.69. The number of carbonyl (C=O) groups excluding carboxylic acids is 1. The van der Waals surface area contributed by atoms with Gasteiger partial charge in [0.2, 0.25) is 0 Å². The fourth-order valence-corrected chi connectivity index (χ4v) is 3.69. The Balaban J connectivity index is 1.51. The number of fused-ring (bicyclic) bond motifs is 1. The molecule has 0 radical (unpaired) electrons. The van der Waals surface area contributed by atoms with Crippen molar-refractivity contribution in [2.45, 2.75) is 32.7 Å². The van der Waals surface area contributed by atoms with Crippen LogP contribution in [0.5, 0.6) is 0 Å². The normalized spacial score (nSPS) is 11.5. The lowest BCUT2D eigenvalue weighted by atomic mass is 9.87. The highest BCUT2D eigenvalue weighted by Gasteiger charge is 2.15. The third-order valence-electron chi connectivity index (χ3n) is 5.64. The average molecular weight is 426 g/mol. The Bertz CT molecular complexity index is 1310. The van der Waals surface area contributed by atoms with Gasteiger partial charge in [-0.3, -0.25) is 14.2 Å². The molecule has 0 bridgehead atoms. The van der Waals surface area contributed by atoms with Crippen LogP contribution in [0.3, 0.4) is 0 Å². The van der Waals surface area contributed by atoms with Crippen LogP contribution >= 0.6 is 0 Å². The molecular formula is C27H27N3O2. The Morgan fingerprint density at radius 2 is 1.59 bits per heavy atom. The predicted octanol–water partition coefficient (Wildman–Crippen LogP) is 4.96. The Morgan fingerprint density at radius 1 is 0.938 bits per heavy atom. The summed E-state index contributed by atoms with van der Waals surface area (Å²) in [6, 6.07) is 22.7. The van der Waals surface area contributed by atoms with E-state index in [1.807, 2.05) is 18.2 Å². The molecule has 0 saturated heterocycles. The van der Waals surface area contributed by atoms with Crippen LogP contribution in [0.25, 0.3) is 16.6 Å². The molecule has 0 saturated carbocycles. The maximum absolute atomic E-state index is 12.9. The van der Waals surface area contributed by atoms with Gasteiger partial charge < -0.3 is 4.90 Å². The minimum atomic E-state index is -0.134. The summed E-state index contributed by atoms with van der Waals surface area (Å²) < 4.78 is 1.50. The van der Waals surface area contributed by atoms with Crippen LogP contribution in [0.1, 0.15) is 42.3 Å². The van der Waals surface area contributed by atoms with Gasteiger partial charge in [-0.05, 0) is 52.9 Å². The Kier molecular flexibility index (Phi) is 5.66. The van der Waals surface area contributed by atoms with Crippen molar-refractivity contribution in [2.24, 2.45) is 0 Å². The van der Waals surface area contributed by atoms with Crippen LogP contribution in [0.4, 0.5) is 0 Å². The first-order chi connectivity index (χ1) is 15.2. The number of nitrogens with zero attached hydrogens (tertiary/aromatic N) is 3. The summed E-state index contributed by atoms with van der Waals surface area (Å²) in [6.07, 6.45) is 1.52. The van der Waals surface area contributed by atoms with Crippen molar-refractivity contribution in [2.75, 3.05) is 7.05 Å². The SMILES string of the molecule is CN(Cc1ccc(C(C)(C)C)cc1)C(=O)c1ccc(-n2cnc3ccccc3c2=O)cc1. The van der Waals surface area contributed by atoms with Crippen molar-refractivity contribution in [3.63, 3.8) is 0 Å². The molecular weight excluding hydrogens is 398 g/mol. The molecule has 0 aliphatic carbocycles. The van der Waals surface area contributed by atoms with Crippen molar-refractivity contribution in [3.8, 4) is 5.69 Å². The van der Waals surface area contributed by atoms with Crippen molar-refractivity contribution >= 4 is 16.8 Å². The number of para-hydroxylation sites is 1. The van der Waals surface area contributed by atoms with Crippen molar-refractivity contribution in [1.82, 2.24) is 14.5 Å². The summed E-state index contributed by atoms with van der Waals surface area (Å²) in [5, 5.41) is 0.562. The van der Waals surface area contributed by atoms with Gasteiger partial charge in [-0.2, -0.15) is 0 Å². The minimum Gasteiger partial charge on any atom is -0.337 e. The van der Waals surface area contributed by atoms with E-state index in [1.165, 1.54) is 16.5 Å². The molecule has 1 aromatic heterocycles. The van der Waals surface area contributed by atoms with E-state index in [4.69, 9.17) is 0 Å². The molecule has 162 valence electrons. The molecule has 0 aliphatic heterocycles. The lowest BCUT2D eigenvalue weighted by Crippen LogP contribution is -2.26. The summed E-state index contributed by atoms with van der Waals surface area (Å²) >= 11 is 0. The zero-order valence-electron chi connectivity index (χ0n) is 18.9. The molecule has 5 heteroatoms. The summed E-state index contributed by atoms with van der Waals surface area (Å²) in [5.74, 6) is -0.0690. The largest absolute Gasteiger partial charge is 0.337 e. The van der Waals surface area contributed by atoms with Gasteiger partial charge in [0.25, 0.3) is 11.5 Å². The zero-order valence-corrected chi connectivity index (χ0v) is 18.9. The van der Waals surface area contributed by atoms with Crippen molar-refractivity contribution in [3.05, 3.63) is 106 Å². The number of aromatic nitrogens is 2. The molecule has 3 aromatic carbocycles. The first kappa shape index (κ1) is 21.5. The van der Waals surface area contributed by atoms with Gasteiger partial charge in [-0.1, -0.05) is 57.2 Å². The molecule has 0 fully saturated rings. The van der Waals surface area contributed by atoms with E-state index in [0.717, 1.165) is 5.56 Å². The summed E-state index contributed by atoms with van der Waals surface area (Å²) in [7, 11) is 1.80. The Hall–Kier alpha value is -3.73. The molecule has 32 heavy (non-hydrogen) atoms. The zero-order chi connectivity index (χ0) is 22.9. The van der Waals surface area contributed by atoms with E-state index in [1.54, 1.807) is 42.3 Å². The molecule has 0 unspecified atom stereocenters. The second kappa shape index (κ2) is 8.42. The van der Waals surface area contributed by atoms with E-state index in [-0.39, 0.29) is 16.9 Å². The lowest BCUT2D eigenvalue weighted by Gasteiger charge is -2.21. The average Bonchev–Trinajstić information content (AvgIpc) is 2.79. The molecule has 0 aliphatic rings. The number of rotatable bonds is 4. The molecule has 0 atom stereocenters. The van der Waals surface area contributed by atoms with Crippen LogP contribution in [0.15, 0.2) is 83.9 Å². The molecule has 1 amide bonds. The summed E-state index contributed by atoms with van der Waals surface area (Å²) in [5.41, 5.74) is 4.23. The highest BCUT2D eigenvalue weighted by molar-refractivity contribution is 5.94. The van der Waals surface area contributed by atoms with E-state index in [9.17, 15) is 9.59 Å². The van der Waals surface area contributed by atoms with Crippen LogP contribution in [-0.2, 0) is 12.0 Å². The standard InChI is InChI=1S/C27H27N3O2/c1-27(2,3)21-13-9-19(10-14-21)17-29(4)25(31)20-11-15-22(16-12-20)30-18-28-24-8-6-5-7-23(24)26(30)32/h5-16,18H,17H2,1-4H3. The third kappa shape index (κ3) is 4.33. The van der Waals surface area contributed by atoms with Crippen LogP contribution in [0, 0.1) is 0 Å². The predicted molar refractivity (Wildman–Crippen MR) is 128 cm³/mol. The Morgan fingerprint density at radius 3 is 2.25 bits per heavy atom. The quantitative estimate of drug-likeness (QED) is 0.465. The van der Waals surface area contributed by atoms with Gasteiger partial charge in [-0.25, -0.2) is 4.98 Å². The molecule has 5 nitrogen and oxygen atoms in total. The molecule has 4 aromatic rings. The highest BCUT2D eigenvalue weighted by Crippen LogP contribution is 2.22. The Labute approximate surface area is 188 Å². The van der Waals surface area contributed by atoms with Gasteiger partial charge in [0, 0.05) is 19.2 Å². The first-order valence-electron chi connectivity index (χ1n) is 10.7. The topological polar surface area (TPSA) is 55.2 Å². The molecule has 1 heterocycles. The molecule has 0 spiro atoms. The van der Waals surface area contributed by atoms with Crippen molar-refractivity contribution < 1.29 is 4.79 Å². The van der Waals surface area contributed by atoms with E-state index >= 15 is 0 Å². The summed E-state index contributed by atoms with van der Waals surface area (Å²) in [6.45, 7) is 7.08. The van der Waals surface area contributed by atoms with Gasteiger partial charge in [0.05, 0.1) is 16.6 Å². The van der Waals surface area contributed by atoms with E-state index < -0.39 is 0 Å². The maximum Gasteiger partial charge on any atom is 0.265 e. The third-order valence-corrected chi connectivity index (χ3v) is 5.64. The van der Waals surface area contributed by atoms with Gasteiger partial charge in [-0.15, -0.1) is 0 Å². The van der Waals surface area contributed by atoms with Crippen molar-refractivity contribution in [1.29, 1.82) is 0 Å². The summed E-state index contributed by atoms with van der Waals surface area (Å²) in [4.78, 5) is 31.8. The second-order valence-corrected chi connectivity index (χ2v) is 9.09. The number of carbonyl (C=O) groups is 1. The highest BCUT2D eigenvalue weighted by atomic mass is 16.2. The maximum atomic E-state index is 12.9. The molecule has 4 rings (SSSR count). The second-order valence-electron chi connectivity index (χ2n) is 9.09. The van der Waals surface area contributed by atoms with Gasteiger partial charge in [0.15, 0.2) is 0 Å². The number of hydrogen-bond donors (Lipinski definition) is 0. The van der Waals surface area contributed by atoms with Crippen LogP contribution in [-0.4, -0.2) is 27.4 Å². The monoisotopic (exact) mass is 425 g/mol. The van der Waals surface area contributed by atoms with Crippen LogP contribution < -0.4 is 5.56 Å². The fraction of sp³-hybridized carbons (Fsp3) is 0.222. The molecule has 0 N–H and O–H groups in total. The van der Waals surface area contributed by atoms with Gasteiger partial charge >= 0.3 is 0 Å². The smallest absolute Gasteiger partial charge is 0.265 e. The lowest BCUT2D eigenvalue weighted by molar-refractivity contribution is 0.0785. The number of benzene rings is 3. The van der Waals surface area contributed by atoms with Crippen LogP contribution in [0.2, 0.25) is 0 Å².